The fraction of sp³-hybridized carbons (Fsp3) is 0.200. The van der Waals surface area contributed by atoms with E-state index in [4.69, 9.17) is 16.3 Å². The Labute approximate surface area is 131 Å². The summed E-state index contributed by atoms with van der Waals surface area (Å²) in [6.07, 6.45) is 0. The molecule has 0 bridgehead atoms. The van der Waals surface area contributed by atoms with Crippen LogP contribution >= 0.6 is 27.5 Å². The SMILES string of the molecule is CNC(C)c1cccc(F)c1Oc1ccc(Cl)cc1Br. The number of hydrogen-bond acceptors (Lipinski definition) is 2. The summed E-state index contributed by atoms with van der Waals surface area (Å²) >= 11 is 9.25. The highest BCUT2D eigenvalue weighted by molar-refractivity contribution is 9.10. The zero-order valence-corrected chi connectivity index (χ0v) is 13.4. The number of ether oxygens (including phenoxy) is 1. The summed E-state index contributed by atoms with van der Waals surface area (Å²) in [5.41, 5.74) is 0.759. The number of para-hydroxylation sites is 1. The van der Waals surface area contributed by atoms with E-state index in [-0.39, 0.29) is 11.8 Å². The van der Waals surface area contributed by atoms with E-state index in [1.165, 1.54) is 6.07 Å². The standard InChI is InChI=1S/C15H14BrClFNO/c1-9(19-2)11-4-3-5-13(18)15(11)20-14-7-6-10(17)8-12(14)16/h3-9,19H,1-2H3. The van der Waals surface area contributed by atoms with Crippen molar-refractivity contribution in [2.45, 2.75) is 13.0 Å². The second-order valence-electron chi connectivity index (χ2n) is 4.35. The first-order chi connectivity index (χ1) is 9.52. The first-order valence-corrected chi connectivity index (χ1v) is 7.28. The van der Waals surface area contributed by atoms with Gasteiger partial charge in [0.05, 0.1) is 4.47 Å². The first kappa shape index (κ1) is 15.3. The van der Waals surface area contributed by atoms with Gasteiger partial charge in [0.2, 0.25) is 0 Å². The molecule has 0 heterocycles. The molecule has 2 nitrogen and oxygen atoms in total. The van der Waals surface area contributed by atoms with Crippen molar-refractivity contribution in [2.75, 3.05) is 7.05 Å². The molecule has 1 atom stereocenters. The van der Waals surface area contributed by atoms with E-state index in [1.807, 2.05) is 20.0 Å². The molecule has 0 radical (unpaired) electrons. The molecule has 1 N–H and O–H groups in total. The first-order valence-electron chi connectivity index (χ1n) is 6.11. The van der Waals surface area contributed by atoms with Crippen LogP contribution in [0.25, 0.3) is 0 Å². The van der Waals surface area contributed by atoms with Crippen LogP contribution in [0.3, 0.4) is 0 Å². The molecule has 0 spiro atoms. The van der Waals surface area contributed by atoms with Crippen LogP contribution in [-0.4, -0.2) is 7.05 Å². The lowest BCUT2D eigenvalue weighted by atomic mass is 10.1. The normalized spacial score (nSPS) is 12.2. The van der Waals surface area contributed by atoms with Crippen LogP contribution in [-0.2, 0) is 0 Å². The van der Waals surface area contributed by atoms with Gasteiger partial charge in [0.1, 0.15) is 5.75 Å². The Morgan fingerprint density at radius 3 is 2.70 bits per heavy atom. The van der Waals surface area contributed by atoms with E-state index >= 15 is 0 Å². The molecule has 0 aliphatic carbocycles. The maximum absolute atomic E-state index is 14.0. The number of benzene rings is 2. The quantitative estimate of drug-likeness (QED) is 0.799. The molecule has 2 rings (SSSR count). The fourth-order valence-electron chi connectivity index (χ4n) is 1.80. The number of hydrogen-bond donors (Lipinski definition) is 1. The van der Waals surface area contributed by atoms with Gasteiger partial charge in [0.15, 0.2) is 11.6 Å². The van der Waals surface area contributed by atoms with Gasteiger partial charge in [-0.1, -0.05) is 23.7 Å². The van der Waals surface area contributed by atoms with Crippen LogP contribution in [0, 0.1) is 5.82 Å². The third kappa shape index (κ3) is 3.32. The van der Waals surface area contributed by atoms with E-state index in [0.717, 1.165) is 5.56 Å². The third-order valence-corrected chi connectivity index (χ3v) is 3.86. The Kier molecular flexibility index (Phi) is 5.02. The zero-order chi connectivity index (χ0) is 14.7. The van der Waals surface area contributed by atoms with Crippen molar-refractivity contribution in [1.82, 2.24) is 5.32 Å². The van der Waals surface area contributed by atoms with Crippen molar-refractivity contribution < 1.29 is 9.13 Å². The van der Waals surface area contributed by atoms with Crippen molar-refractivity contribution in [1.29, 1.82) is 0 Å². The molecule has 0 aromatic heterocycles. The van der Waals surface area contributed by atoms with Gasteiger partial charge >= 0.3 is 0 Å². The molecule has 0 saturated carbocycles. The van der Waals surface area contributed by atoms with Crippen LogP contribution in [0.2, 0.25) is 5.02 Å². The Bertz CT molecular complexity index is 621. The monoisotopic (exact) mass is 357 g/mol. The lowest BCUT2D eigenvalue weighted by Gasteiger charge is -2.17. The predicted octanol–water partition coefficient (Wildman–Crippen LogP) is 5.31. The molecule has 0 fully saturated rings. The highest BCUT2D eigenvalue weighted by atomic mass is 79.9. The molecule has 1 unspecified atom stereocenters. The lowest BCUT2D eigenvalue weighted by Crippen LogP contribution is -2.13. The van der Waals surface area contributed by atoms with E-state index in [0.29, 0.717) is 15.2 Å². The Balaban J connectivity index is 2.42. The molecule has 0 saturated heterocycles. The molecule has 20 heavy (non-hydrogen) atoms. The Hall–Kier alpha value is -1.10. The molecule has 2 aromatic carbocycles. The molecule has 0 aliphatic heterocycles. The molecule has 2 aromatic rings. The highest BCUT2D eigenvalue weighted by Gasteiger charge is 2.16. The minimum absolute atomic E-state index is 0.0215. The largest absolute Gasteiger partial charge is 0.453 e. The van der Waals surface area contributed by atoms with Gasteiger partial charge in [-0.3, -0.25) is 0 Å². The summed E-state index contributed by atoms with van der Waals surface area (Å²) in [6, 6.07) is 9.97. The van der Waals surface area contributed by atoms with Crippen molar-refractivity contribution in [3.8, 4) is 11.5 Å². The molecule has 0 amide bonds. The third-order valence-electron chi connectivity index (χ3n) is 3.00. The summed E-state index contributed by atoms with van der Waals surface area (Å²) in [5, 5.41) is 3.66. The Morgan fingerprint density at radius 2 is 2.05 bits per heavy atom. The average molecular weight is 359 g/mol. The van der Waals surface area contributed by atoms with E-state index < -0.39 is 5.82 Å². The van der Waals surface area contributed by atoms with Crippen molar-refractivity contribution in [2.24, 2.45) is 0 Å². The summed E-state index contributed by atoms with van der Waals surface area (Å²) in [5.74, 6) is 0.341. The molecular formula is C15H14BrClFNO. The predicted molar refractivity (Wildman–Crippen MR) is 83.1 cm³/mol. The number of nitrogens with one attached hydrogen (secondary N) is 1. The number of rotatable bonds is 4. The van der Waals surface area contributed by atoms with Crippen LogP contribution in [0.1, 0.15) is 18.5 Å². The number of halogens is 3. The molecule has 106 valence electrons. The second-order valence-corrected chi connectivity index (χ2v) is 5.64. The maximum atomic E-state index is 14.0. The smallest absolute Gasteiger partial charge is 0.167 e. The van der Waals surface area contributed by atoms with Crippen LogP contribution < -0.4 is 10.1 Å². The van der Waals surface area contributed by atoms with Gasteiger partial charge in [-0.25, -0.2) is 4.39 Å². The second kappa shape index (κ2) is 6.57. The Morgan fingerprint density at radius 1 is 1.30 bits per heavy atom. The van der Waals surface area contributed by atoms with Crippen LogP contribution in [0.5, 0.6) is 11.5 Å². The van der Waals surface area contributed by atoms with E-state index in [9.17, 15) is 4.39 Å². The summed E-state index contributed by atoms with van der Waals surface area (Å²) in [4.78, 5) is 0. The molecule has 5 heteroatoms. The summed E-state index contributed by atoms with van der Waals surface area (Å²) in [6.45, 7) is 1.94. The van der Waals surface area contributed by atoms with Gasteiger partial charge in [-0.15, -0.1) is 0 Å². The molecular weight excluding hydrogens is 345 g/mol. The van der Waals surface area contributed by atoms with Gasteiger partial charge in [-0.05, 0) is 54.2 Å². The molecule has 0 aliphatic rings. The van der Waals surface area contributed by atoms with Gasteiger partial charge in [0, 0.05) is 16.6 Å². The van der Waals surface area contributed by atoms with E-state index in [1.54, 1.807) is 24.3 Å². The van der Waals surface area contributed by atoms with Crippen LogP contribution in [0.4, 0.5) is 4.39 Å². The average Bonchev–Trinajstić information content (AvgIpc) is 2.42. The van der Waals surface area contributed by atoms with Gasteiger partial charge in [0.25, 0.3) is 0 Å². The lowest BCUT2D eigenvalue weighted by molar-refractivity contribution is 0.426. The maximum Gasteiger partial charge on any atom is 0.167 e. The van der Waals surface area contributed by atoms with Gasteiger partial charge in [-0.2, -0.15) is 0 Å². The van der Waals surface area contributed by atoms with E-state index in [2.05, 4.69) is 21.2 Å². The minimum atomic E-state index is -0.397. The summed E-state index contributed by atoms with van der Waals surface area (Å²) < 4.78 is 20.5. The highest BCUT2D eigenvalue weighted by Crippen LogP contribution is 2.36. The van der Waals surface area contributed by atoms with Crippen LogP contribution in [0.15, 0.2) is 40.9 Å². The zero-order valence-electron chi connectivity index (χ0n) is 11.1. The minimum Gasteiger partial charge on any atom is -0.453 e. The van der Waals surface area contributed by atoms with Gasteiger partial charge < -0.3 is 10.1 Å². The van der Waals surface area contributed by atoms with Crippen molar-refractivity contribution in [3.63, 3.8) is 0 Å². The topological polar surface area (TPSA) is 21.3 Å². The summed E-state index contributed by atoms with van der Waals surface area (Å²) in [7, 11) is 1.82. The fourth-order valence-corrected chi connectivity index (χ4v) is 2.56. The van der Waals surface area contributed by atoms with Crippen molar-refractivity contribution in [3.05, 3.63) is 57.3 Å². The van der Waals surface area contributed by atoms with Crippen molar-refractivity contribution >= 4 is 27.5 Å².